The number of carbonyl (C=O) groups excluding carboxylic acids is 1. The van der Waals surface area contributed by atoms with Gasteiger partial charge >= 0.3 is 0 Å². The van der Waals surface area contributed by atoms with E-state index in [0.717, 1.165) is 63.0 Å². The van der Waals surface area contributed by atoms with Gasteiger partial charge < -0.3 is 5.32 Å². The van der Waals surface area contributed by atoms with Crippen LogP contribution in [0.25, 0.3) is 5.69 Å². The second-order valence-corrected chi connectivity index (χ2v) is 8.94. The fraction of sp³-hybridized carbons (Fsp3) is 0.385. The summed E-state index contributed by atoms with van der Waals surface area (Å²) in [6.07, 6.45) is 4.46. The molecule has 0 unspecified atom stereocenters. The Morgan fingerprint density at radius 1 is 1.09 bits per heavy atom. The van der Waals surface area contributed by atoms with Gasteiger partial charge in [-0.15, -0.1) is 0 Å². The Bertz CT molecular complexity index is 1130. The second-order valence-electron chi connectivity index (χ2n) is 8.94. The van der Waals surface area contributed by atoms with E-state index in [0.29, 0.717) is 11.4 Å². The molecule has 0 bridgehead atoms. The van der Waals surface area contributed by atoms with Gasteiger partial charge in [-0.25, -0.2) is 9.07 Å². The van der Waals surface area contributed by atoms with Crippen molar-refractivity contribution in [3.05, 3.63) is 82.4 Å². The molecule has 166 valence electrons. The molecule has 5 rings (SSSR count). The molecule has 1 saturated heterocycles. The lowest BCUT2D eigenvalue weighted by Gasteiger charge is -2.32. The summed E-state index contributed by atoms with van der Waals surface area (Å²) in [6, 6.07) is 15.3. The molecule has 6 heteroatoms. The fourth-order valence-corrected chi connectivity index (χ4v) is 4.96. The zero-order valence-electron chi connectivity index (χ0n) is 18.5. The number of hydrogen-bond acceptors (Lipinski definition) is 3. The zero-order chi connectivity index (χ0) is 22.1. The van der Waals surface area contributed by atoms with Crippen molar-refractivity contribution >= 4 is 5.91 Å². The van der Waals surface area contributed by atoms with Gasteiger partial charge in [-0.3, -0.25) is 9.69 Å². The van der Waals surface area contributed by atoms with Crippen LogP contribution in [0.5, 0.6) is 0 Å². The maximum Gasteiger partial charge on any atom is 0.272 e. The number of likely N-dealkylation sites (tertiary alicyclic amines) is 1. The van der Waals surface area contributed by atoms with Crippen LogP contribution in [0.15, 0.2) is 48.5 Å². The Kier molecular flexibility index (Phi) is 5.79. The summed E-state index contributed by atoms with van der Waals surface area (Å²) in [4.78, 5) is 15.6. The number of aryl methyl sites for hydroxylation is 1. The number of nitrogens with one attached hydrogen (secondary N) is 1. The standard InChI is InChI=1S/C26H29FN4O/c1-18-7-2-3-8-19(18)17-30-15-13-20(14-16-30)28-26(32)25-21-9-6-12-23(21)31(29-25)24-11-5-4-10-22(24)27/h2-5,7-8,10-11,20H,6,9,12-17H2,1H3,(H,28,32). The maximum absolute atomic E-state index is 14.4. The smallest absolute Gasteiger partial charge is 0.272 e. The van der Waals surface area contributed by atoms with Gasteiger partial charge in [0.25, 0.3) is 5.91 Å². The van der Waals surface area contributed by atoms with Crippen LogP contribution in [0.3, 0.4) is 0 Å². The predicted molar refractivity (Wildman–Crippen MR) is 122 cm³/mol. The molecule has 0 spiro atoms. The Labute approximate surface area is 188 Å². The molecule has 0 saturated carbocycles. The van der Waals surface area contributed by atoms with E-state index >= 15 is 0 Å². The summed E-state index contributed by atoms with van der Waals surface area (Å²) in [5, 5.41) is 7.77. The number of piperidine rings is 1. The number of rotatable bonds is 5. The molecule has 1 N–H and O–H groups in total. The topological polar surface area (TPSA) is 50.2 Å². The average molecular weight is 433 g/mol. The highest BCUT2D eigenvalue weighted by atomic mass is 19.1. The molecule has 1 fully saturated rings. The number of aromatic nitrogens is 2. The third-order valence-electron chi connectivity index (χ3n) is 6.80. The van der Waals surface area contributed by atoms with E-state index in [-0.39, 0.29) is 17.8 Å². The van der Waals surface area contributed by atoms with Gasteiger partial charge in [-0.1, -0.05) is 36.4 Å². The number of halogens is 1. The summed E-state index contributed by atoms with van der Waals surface area (Å²) >= 11 is 0. The molecule has 3 aromatic rings. The van der Waals surface area contributed by atoms with Gasteiger partial charge in [0.05, 0.1) is 0 Å². The molecule has 1 amide bonds. The van der Waals surface area contributed by atoms with Crippen molar-refractivity contribution in [3.63, 3.8) is 0 Å². The summed E-state index contributed by atoms with van der Waals surface area (Å²) < 4.78 is 16.0. The predicted octanol–water partition coefficient (Wildman–Crippen LogP) is 4.20. The Hall–Kier alpha value is -2.99. The number of amides is 1. The first-order valence-corrected chi connectivity index (χ1v) is 11.5. The lowest BCUT2D eigenvalue weighted by molar-refractivity contribution is 0.0902. The number of carbonyl (C=O) groups is 1. The minimum atomic E-state index is -0.322. The Balaban J connectivity index is 1.25. The lowest BCUT2D eigenvalue weighted by atomic mass is 10.0. The molecule has 5 nitrogen and oxygen atoms in total. The molecule has 0 atom stereocenters. The van der Waals surface area contributed by atoms with Gasteiger partial charge in [0, 0.05) is 36.9 Å². The van der Waals surface area contributed by atoms with Crippen molar-refractivity contribution in [2.75, 3.05) is 13.1 Å². The summed E-state index contributed by atoms with van der Waals surface area (Å²) in [5.41, 5.74) is 5.50. The summed E-state index contributed by atoms with van der Waals surface area (Å²) in [6.45, 7) is 5.02. The molecule has 32 heavy (non-hydrogen) atoms. The van der Waals surface area contributed by atoms with E-state index < -0.39 is 0 Å². The van der Waals surface area contributed by atoms with E-state index in [2.05, 4.69) is 46.5 Å². The van der Waals surface area contributed by atoms with Crippen LogP contribution in [0.1, 0.15) is 52.1 Å². The molecule has 2 aliphatic rings. The van der Waals surface area contributed by atoms with Gasteiger partial charge in [0.2, 0.25) is 0 Å². The highest BCUT2D eigenvalue weighted by Gasteiger charge is 2.29. The van der Waals surface area contributed by atoms with Crippen LogP contribution in [-0.4, -0.2) is 39.7 Å². The number of hydrogen-bond donors (Lipinski definition) is 1. The van der Waals surface area contributed by atoms with E-state index in [1.165, 1.54) is 17.2 Å². The third kappa shape index (κ3) is 4.07. The molecular formula is C26H29FN4O. The highest BCUT2D eigenvalue weighted by Crippen LogP contribution is 2.29. The van der Waals surface area contributed by atoms with Crippen LogP contribution in [-0.2, 0) is 19.4 Å². The van der Waals surface area contributed by atoms with Crippen molar-refractivity contribution in [1.29, 1.82) is 0 Å². The van der Waals surface area contributed by atoms with Crippen molar-refractivity contribution in [2.45, 2.75) is 51.6 Å². The van der Waals surface area contributed by atoms with E-state index in [1.807, 2.05) is 0 Å². The second kappa shape index (κ2) is 8.87. The van der Waals surface area contributed by atoms with Gasteiger partial charge in [0.15, 0.2) is 5.69 Å². The Morgan fingerprint density at radius 2 is 1.84 bits per heavy atom. The van der Waals surface area contributed by atoms with E-state index in [9.17, 15) is 9.18 Å². The number of nitrogens with zero attached hydrogens (tertiary/aromatic N) is 3. The molecule has 1 aliphatic carbocycles. The molecule has 1 aliphatic heterocycles. The first-order valence-electron chi connectivity index (χ1n) is 11.5. The lowest BCUT2D eigenvalue weighted by Crippen LogP contribution is -2.44. The zero-order valence-corrected chi connectivity index (χ0v) is 18.5. The first kappa shape index (κ1) is 20.9. The average Bonchev–Trinajstić information content (AvgIpc) is 3.40. The minimum absolute atomic E-state index is 0.129. The van der Waals surface area contributed by atoms with Gasteiger partial charge in [0.1, 0.15) is 11.5 Å². The number of benzene rings is 2. The van der Waals surface area contributed by atoms with Gasteiger partial charge in [-0.2, -0.15) is 5.10 Å². The molecular weight excluding hydrogens is 403 g/mol. The monoisotopic (exact) mass is 432 g/mol. The first-order chi connectivity index (χ1) is 15.6. The molecule has 2 heterocycles. The number of fused-ring (bicyclic) bond motifs is 1. The van der Waals surface area contributed by atoms with E-state index in [1.54, 1.807) is 22.9 Å². The number of para-hydroxylation sites is 1. The highest BCUT2D eigenvalue weighted by molar-refractivity contribution is 5.94. The van der Waals surface area contributed by atoms with Gasteiger partial charge in [-0.05, 0) is 62.3 Å². The summed E-state index contributed by atoms with van der Waals surface area (Å²) in [5.74, 6) is -0.451. The van der Waals surface area contributed by atoms with Crippen LogP contribution in [0.2, 0.25) is 0 Å². The summed E-state index contributed by atoms with van der Waals surface area (Å²) in [7, 11) is 0. The molecule has 2 aromatic carbocycles. The molecule has 1 aromatic heterocycles. The normalized spacial score (nSPS) is 16.8. The quantitative estimate of drug-likeness (QED) is 0.657. The molecule has 0 radical (unpaired) electrons. The SMILES string of the molecule is Cc1ccccc1CN1CCC(NC(=O)c2nn(-c3ccccc3F)c3c2CCC3)CC1. The third-order valence-corrected chi connectivity index (χ3v) is 6.80. The maximum atomic E-state index is 14.4. The Morgan fingerprint density at radius 3 is 2.62 bits per heavy atom. The fourth-order valence-electron chi connectivity index (χ4n) is 4.96. The van der Waals surface area contributed by atoms with Crippen molar-refractivity contribution in [2.24, 2.45) is 0 Å². The van der Waals surface area contributed by atoms with Crippen molar-refractivity contribution < 1.29 is 9.18 Å². The van der Waals surface area contributed by atoms with Crippen molar-refractivity contribution in [3.8, 4) is 5.69 Å². The van der Waals surface area contributed by atoms with Crippen molar-refractivity contribution in [1.82, 2.24) is 20.0 Å². The van der Waals surface area contributed by atoms with Crippen LogP contribution in [0.4, 0.5) is 4.39 Å². The minimum Gasteiger partial charge on any atom is -0.348 e. The van der Waals surface area contributed by atoms with Crippen LogP contribution in [0, 0.1) is 12.7 Å². The van der Waals surface area contributed by atoms with Crippen LogP contribution >= 0.6 is 0 Å². The van der Waals surface area contributed by atoms with E-state index in [4.69, 9.17) is 0 Å². The van der Waals surface area contributed by atoms with Crippen LogP contribution < -0.4 is 5.32 Å². The largest absolute Gasteiger partial charge is 0.348 e.